The smallest absolute Gasteiger partial charge is 0.237 e. The molecule has 2 aromatic carbocycles. The molecule has 7 heteroatoms. The number of hydrogen-bond donors (Lipinski definition) is 3. The lowest BCUT2D eigenvalue weighted by atomic mass is 9.94. The summed E-state index contributed by atoms with van der Waals surface area (Å²) in [5, 5.41) is 15.4. The normalized spacial score (nSPS) is 16.2. The van der Waals surface area contributed by atoms with E-state index in [0.29, 0.717) is 38.2 Å². The number of benzene rings is 2. The number of nitrogens with one attached hydrogen (secondary N) is 2. The molecule has 1 heterocycles. The van der Waals surface area contributed by atoms with Crippen LogP contribution in [-0.2, 0) is 16.1 Å². The van der Waals surface area contributed by atoms with Gasteiger partial charge in [0, 0.05) is 12.5 Å². The lowest BCUT2D eigenvalue weighted by Crippen LogP contribution is -2.49. The Hall–Kier alpha value is -2.93. The van der Waals surface area contributed by atoms with Crippen molar-refractivity contribution in [3.05, 3.63) is 59.9 Å². The van der Waals surface area contributed by atoms with Crippen molar-refractivity contribution >= 4 is 17.5 Å². The Labute approximate surface area is 169 Å². The summed E-state index contributed by atoms with van der Waals surface area (Å²) >= 11 is 0. The molecule has 3 rings (SSSR count). The number of anilines is 1. The first-order valence-electron chi connectivity index (χ1n) is 9.79. The molecule has 154 valence electrons. The van der Waals surface area contributed by atoms with Gasteiger partial charge >= 0.3 is 0 Å². The van der Waals surface area contributed by atoms with Crippen molar-refractivity contribution in [3.63, 3.8) is 0 Å². The standard InChI is InChI=1S/C22H26FN3O3/c1-15(21(28)24-14-16-6-8-18(23)9-7-16)26-12-10-17(11-13-26)22(29)25-19-4-2-3-5-20(19)27/h2-9,15,17,27H,10-14H2,1H3,(H,24,28)(H,25,29). The Bertz CT molecular complexity index is 849. The maximum Gasteiger partial charge on any atom is 0.237 e. The number of likely N-dealkylation sites (tertiary alicyclic amines) is 1. The Morgan fingerprint density at radius 2 is 1.79 bits per heavy atom. The third-order valence-electron chi connectivity index (χ3n) is 5.37. The molecule has 0 saturated carbocycles. The fraction of sp³-hybridized carbons (Fsp3) is 0.364. The average molecular weight is 399 g/mol. The molecular formula is C22H26FN3O3. The second-order valence-electron chi connectivity index (χ2n) is 7.34. The number of carbonyl (C=O) groups is 2. The van der Waals surface area contributed by atoms with Gasteiger partial charge in [0.25, 0.3) is 0 Å². The topological polar surface area (TPSA) is 81.7 Å². The van der Waals surface area contributed by atoms with Gasteiger partial charge in [-0.2, -0.15) is 0 Å². The number of piperidine rings is 1. The van der Waals surface area contributed by atoms with Crippen molar-refractivity contribution in [2.45, 2.75) is 32.4 Å². The highest BCUT2D eigenvalue weighted by Gasteiger charge is 2.29. The second-order valence-corrected chi connectivity index (χ2v) is 7.34. The van der Waals surface area contributed by atoms with Gasteiger partial charge in [0.15, 0.2) is 0 Å². The summed E-state index contributed by atoms with van der Waals surface area (Å²) in [5.74, 6) is -0.612. The highest BCUT2D eigenvalue weighted by molar-refractivity contribution is 5.94. The van der Waals surface area contributed by atoms with Crippen LogP contribution < -0.4 is 10.6 Å². The minimum absolute atomic E-state index is 0.0460. The highest BCUT2D eigenvalue weighted by atomic mass is 19.1. The summed E-state index contributed by atoms with van der Waals surface area (Å²) in [5.41, 5.74) is 1.25. The number of carbonyl (C=O) groups excluding carboxylic acids is 2. The quantitative estimate of drug-likeness (QED) is 0.653. The predicted octanol–water partition coefficient (Wildman–Crippen LogP) is 2.89. The van der Waals surface area contributed by atoms with E-state index in [1.807, 2.05) is 6.92 Å². The Balaban J connectivity index is 1.45. The minimum Gasteiger partial charge on any atom is -0.506 e. The first kappa shape index (κ1) is 20.8. The monoisotopic (exact) mass is 399 g/mol. The van der Waals surface area contributed by atoms with Gasteiger partial charge in [-0.25, -0.2) is 4.39 Å². The molecule has 1 fully saturated rings. The van der Waals surface area contributed by atoms with E-state index in [2.05, 4.69) is 15.5 Å². The molecule has 1 atom stereocenters. The third kappa shape index (κ3) is 5.54. The summed E-state index contributed by atoms with van der Waals surface area (Å²) < 4.78 is 13.0. The first-order valence-corrected chi connectivity index (χ1v) is 9.79. The van der Waals surface area contributed by atoms with E-state index in [1.165, 1.54) is 18.2 Å². The molecule has 29 heavy (non-hydrogen) atoms. The Morgan fingerprint density at radius 1 is 1.14 bits per heavy atom. The van der Waals surface area contributed by atoms with Gasteiger partial charge in [-0.15, -0.1) is 0 Å². The van der Waals surface area contributed by atoms with Gasteiger partial charge in [-0.1, -0.05) is 24.3 Å². The molecule has 1 unspecified atom stereocenters. The number of aromatic hydroxyl groups is 1. The average Bonchev–Trinajstić information content (AvgIpc) is 2.74. The second kappa shape index (κ2) is 9.52. The number of nitrogens with zero attached hydrogens (tertiary/aromatic N) is 1. The predicted molar refractivity (Wildman–Crippen MR) is 109 cm³/mol. The van der Waals surface area contributed by atoms with Crippen molar-refractivity contribution in [2.24, 2.45) is 5.92 Å². The number of hydrogen-bond acceptors (Lipinski definition) is 4. The van der Waals surface area contributed by atoms with Crippen LogP contribution in [0.3, 0.4) is 0 Å². The fourth-order valence-electron chi connectivity index (χ4n) is 3.47. The molecule has 2 aromatic rings. The molecule has 0 bridgehead atoms. The van der Waals surface area contributed by atoms with Crippen molar-refractivity contribution in [1.82, 2.24) is 10.2 Å². The zero-order chi connectivity index (χ0) is 20.8. The summed E-state index contributed by atoms with van der Waals surface area (Å²) in [6, 6.07) is 12.4. The van der Waals surface area contributed by atoms with Gasteiger partial charge < -0.3 is 15.7 Å². The third-order valence-corrected chi connectivity index (χ3v) is 5.37. The molecule has 2 amide bonds. The lowest BCUT2D eigenvalue weighted by Gasteiger charge is -2.34. The zero-order valence-electron chi connectivity index (χ0n) is 16.4. The van der Waals surface area contributed by atoms with Gasteiger partial charge in [0.2, 0.25) is 11.8 Å². The lowest BCUT2D eigenvalue weighted by molar-refractivity contribution is -0.127. The van der Waals surface area contributed by atoms with E-state index in [0.717, 1.165) is 5.56 Å². The van der Waals surface area contributed by atoms with Gasteiger partial charge in [0.05, 0.1) is 11.7 Å². The van der Waals surface area contributed by atoms with Crippen LogP contribution in [0.25, 0.3) is 0 Å². The molecule has 0 aromatic heterocycles. The summed E-state index contributed by atoms with van der Waals surface area (Å²) in [6.07, 6.45) is 1.30. The number of amides is 2. The summed E-state index contributed by atoms with van der Waals surface area (Å²) in [7, 11) is 0. The maximum absolute atomic E-state index is 13.0. The van der Waals surface area contributed by atoms with Crippen LogP contribution in [-0.4, -0.2) is 41.0 Å². The van der Waals surface area contributed by atoms with E-state index in [4.69, 9.17) is 0 Å². The molecular weight excluding hydrogens is 373 g/mol. The maximum atomic E-state index is 13.0. The van der Waals surface area contributed by atoms with Crippen LogP contribution in [0.2, 0.25) is 0 Å². The van der Waals surface area contributed by atoms with E-state index in [1.54, 1.807) is 30.3 Å². The Kier molecular flexibility index (Phi) is 6.82. The van der Waals surface area contributed by atoms with Gasteiger partial charge in [-0.3, -0.25) is 14.5 Å². The highest BCUT2D eigenvalue weighted by Crippen LogP contribution is 2.25. The number of phenols is 1. The van der Waals surface area contributed by atoms with Crippen molar-refractivity contribution < 1.29 is 19.1 Å². The molecule has 1 aliphatic heterocycles. The van der Waals surface area contributed by atoms with E-state index >= 15 is 0 Å². The molecule has 6 nitrogen and oxygen atoms in total. The molecule has 3 N–H and O–H groups in total. The van der Waals surface area contributed by atoms with Gasteiger partial charge in [-0.05, 0) is 62.7 Å². The van der Waals surface area contributed by atoms with Gasteiger partial charge in [0.1, 0.15) is 11.6 Å². The van der Waals surface area contributed by atoms with E-state index < -0.39 is 0 Å². The fourth-order valence-corrected chi connectivity index (χ4v) is 3.47. The van der Waals surface area contributed by atoms with Crippen molar-refractivity contribution in [3.8, 4) is 5.75 Å². The molecule has 0 radical (unpaired) electrons. The van der Waals surface area contributed by atoms with Crippen molar-refractivity contribution in [1.29, 1.82) is 0 Å². The van der Waals surface area contributed by atoms with Crippen LogP contribution in [0, 0.1) is 11.7 Å². The van der Waals surface area contributed by atoms with Crippen LogP contribution in [0.15, 0.2) is 48.5 Å². The molecule has 0 spiro atoms. The van der Waals surface area contributed by atoms with Crippen LogP contribution in [0.4, 0.5) is 10.1 Å². The first-order chi connectivity index (χ1) is 13.9. The molecule has 1 saturated heterocycles. The van der Waals surface area contributed by atoms with Crippen molar-refractivity contribution in [2.75, 3.05) is 18.4 Å². The number of rotatable bonds is 6. The van der Waals surface area contributed by atoms with E-state index in [9.17, 15) is 19.1 Å². The minimum atomic E-state index is -0.308. The summed E-state index contributed by atoms with van der Waals surface area (Å²) in [6.45, 7) is 3.49. The SMILES string of the molecule is CC(C(=O)NCc1ccc(F)cc1)N1CCC(C(=O)Nc2ccccc2O)CC1. The number of halogens is 1. The summed E-state index contributed by atoms with van der Waals surface area (Å²) in [4.78, 5) is 27.0. The molecule has 1 aliphatic rings. The van der Waals surface area contributed by atoms with Crippen LogP contribution in [0.1, 0.15) is 25.3 Å². The van der Waals surface area contributed by atoms with Crippen LogP contribution in [0.5, 0.6) is 5.75 Å². The zero-order valence-corrected chi connectivity index (χ0v) is 16.4. The number of para-hydroxylation sites is 2. The van der Waals surface area contributed by atoms with Crippen LogP contribution >= 0.6 is 0 Å². The molecule has 0 aliphatic carbocycles. The van der Waals surface area contributed by atoms with E-state index in [-0.39, 0.29) is 35.3 Å². The Morgan fingerprint density at radius 3 is 2.45 bits per heavy atom. The number of phenolic OH excluding ortho intramolecular Hbond substituents is 1. The largest absolute Gasteiger partial charge is 0.506 e.